The van der Waals surface area contributed by atoms with Crippen molar-refractivity contribution in [3.05, 3.63) is 40.4 Å². The van der Waals surface area contributed by atoms with Crippen LogP contribution in [0.15, 0.2) is 24.4 Å². The Morgan fingerprint density at radius 3 is 2.81 bits per heavy atom. The largest absolute Gasteiger partial charge is 0.536 e. The van der Waals surface area contributed by atoms with Crippen molar-refractivity contribution in [2.45, 2.75) is 45.0 Å². The number of nitrogen functional groups attached to an aromatic ring is 1. The molecule has 1 fully saturated rings. The van der Waals surface area contributed by atoms with Crippen molar-refractivity contribution in [1.29, 1.82) is 0 Å². The van der Waals surface area contributed by atoms with Crippen LogP contribution in [0.25, 0.3) is 0 Å². The second-order valence-corrected chi connectivity index (χ2v) is 10.0. The van der Waals surface area contributed by atoms with Crippen molar-refractivity contribution in [1.82, 2.24) is 20.1 Å². The maximum absolute atomic E-state index is 13.4. The quantitative estimate of drug-likeness (QED) is 0.370. The SMILES string of the molecule is CCCN1CCN(C(=O)NC(C(=O)C[C@H]2Cc3cccc(C)c3OB2O)c2cnc(N)s2)C(=O)C1=O. The maximum atomic E-state index is 13.4. The van der Waals surface area contributed by atoms with Gasteiger partial charge >= 0.3 is 25.0 Å². The molecule has 4 amide bonds. The standard InChI is InChI=1S/C23H28BN5O6S/c1-3-7-28-8-9-29(21(32)20(28)31)23(33)27-18(17-12-26-22(25)36-17)16(30)11-15-10-14-6-4-5-13(2)19(14)35-24(15)34/h4-6,12,15,18,34H,3,7-11H2,1-2H3,(H2,25,26)(H,27,33)/t15-,18?/m1/s1. The number of amides is 4. The number of carbonyl (C=O) groups excluding carboxylic acids is 4. The summed E-state index contributed by atoms with van der Waals surface area (Å²) in [6, 6.07) is 3.64. The monoisotopic (exact) mass is 513 g/mol. The Labute approximate surface area is 212 Å². The molecular weight excluding hydrogens is 485 g/mol. The molecule has 2 aliphatic heterocycles. The first kappa shape index (κ1) is 25.6. The van der Waals surface area contributed by atoms with E-state index in [0.717, 1.165) is 27.4 Å². The number of ketones is 1. The number of nitrogens with one attached hydrogen (secondary N) is 1. The summed E-state index contributed by atoms with van der Waals surface area (Å²) < 4.78 is 5.69. The van der Waals surface area contributed by atoms with Crippen molar-refractivity contribution in [2.75, 3.05) is 25.4 Å². The van der Waals surface area contributed by atoms with E-state index < -0.39 is 42.6 Å². The Morgan fingerprint density at radius 1 is 1.33 bits per heavy atom. The van der Waals surface area contributed by atoms with Gasteiger partial charge in [0.05, 0.1) is 4.88 Å². The van der Waals surface area contributed by atoms with Gasteiger partial charge < -0.3 is 25.6 Å². The lowest BCUT2D eigenvalue weighted by molar-refractivity contribution is -0.153. The fraction of sp³-hybridized carbons (Fsp3) is 0.435. The Hall–Kier alpha value is -3.45. The zero-order valence-electron chi connectivity index (χ0n) is 20.1. The van der Waals surface area contributed by atoms with E-state index in [-0.39, 0.29) is 24.6 Å². The number of aromatic nitrogens is 1. The number of nitrogens with zero attached hydrogens (tertiary/aromatic N) is 3. The highest BCUT2D eigenvalue weighted by molar-refractivity contribution is 7.15. The molecule has 2 atom stereocenters. The minimum absolute atomic E-state index is 0.0213. The molecule has 1 aromatic carbocycles. The molecule has 1 aromatic heterocycles. The van der Waals surface area contributed by atoms with Gasteiger partial charge in [-0.15, -0.1) is 0 Å². The zero-order valence-corrected chi connectivity index (χ0v) is 20.9. The van der Waals surface area contributed by atoms with E-state index in [1.54, 1.807) is 0 Å². The average molecular weight is 513 g/mol. The summed E-state index contributed by atoms with van der Waals surface area (Å²) in [5, 5.41) is 13.4. The molecule has 2 aliphatic rings. The van der Waals surface area contributed by atoms with Crippen molar-refractivity contribution < 1.29 is 28.9 Å². The number of imide groups is 1. The van der Waals surface area contributed by atoms with Crippen LogP contribution in [0.2, 0.25) is 5.82 Å². The molecule has 1 unspecified atom stereocenters. The minimum Gasteiger partial charge on any atom is -0.536 e. The van der Waals surface area contributed by atoms with E-state index in [1.165, 1.54) is 11.1 Å². The van der Waals surface area contributed by atoms with Gasteiger partial charge in [0.25, 0.3) is 0 Å². The summed E-state index contributed by atoms with van der Waals surface area (Å²) in [6.07, 6.45) is 2.40. The van der Waals surface area contributed by atoms with Crippen LogP contribution >= 0.6 is 11.3 Å². The number of fused-ring (bicyclic) bond motifs is 1. The first-order valence-corrected chi connectivity index (χ1v) is 12.6. The fourth-order valence-electron chi connectivity index (χ4n) is 4.49. The summed E-state index contributed by atoms with van der Waals surface area (Å²) >= 11 is 1.03. The third kappa shape index (κ3) is 5.21. The van der Waals surface area contributed by atoms with E-state index >= 15 is 0 Å². The van der Waals surface area contributed by atoms with Crippen LogP contribution in [0.3, 0.4) is 0 Å². The number of hydrogen-bond acceptors (Lipinski definition) is 9. The van der Waals surface area contributed by atoms with Crippen LogP contribution in [0.1, 0.15) is 41.8 Å². The van der Waals surface area contributed by atoms with Crippen LogP contribution in [-0.2, 0) is 20.8 Å². The molecule has 190 valence electrons. The number of anilines is 1. The molecule has 1 saturated heterocycles. The molecule has 13 heteroatoms. The Morgan fingerprint density at radius 2 is 2.11 bits per heavy atom. The number of thiazole rings is 1. The third-order valence-electron chi connectivity index (χ3n) is 6.34. The summed E-state index contributed by atoms with van der Waals surface area (Å²) in [6.45, 7) is 4.44. The zero-order chi connectivity index (χ0) is 26.0. The van der Waals surface area contributed by atoms with Gasteiger partial charge in [-0.25, -0.2) is 9.78 Å². The number of rotatable bonds is 7. The number of nitrogens with two attached hydrogens (primary N) is 1. The third-order valence-corrected chi connectivity index (χ3v) is 7.24. The summed E-state index contributed by atoms with van der Waals surface area (Å²) in [5.74, 6) is -2.03. The van der Waals surface area contributed by atoms with Gasteiger partial charge in [0, 0.05) is 38.1 Å². The van der Waals surface area contributed by atoms with Gasteiger partial charge in [0.2, 0.25) is 0 Å². The normalized spacial score (nSPS) is 18.5. The van der Waals surface area contributed by atoms with E-state index in [1.807, 2.05) is 32.0 Å². The molecule has 2 aromatic rings. The number of para-hydroxylation sites is 1. The smallest absolute Gasteiger partial charge is 0.526 e. The van der Waals surface area contributed by atoms with Crippen LogP contribution in [-0.4, -0.2) is 70.2 Å². The number of carbonyl (C=O) groups is 4. The van der Waals surface area contributed by atoms with E-state index in [9.17, 15) is 24.2 Å². The van der Waals surface area contributed by atoms with Gasteiger partial charge in [-0.2, -0.15) is 0 Å². The molecule has 3 heterocycles. The van der Waals surface area contributed by atoms with Crippen molar-refractivity contribution >= 4 is 47.2 Å². The Bertz CT molecular complexity index is 1190. The molecule has 0 radical (unpaired) electrons. The molecule has 0 bridgehead atoms. The lowest BCUT2D eigenvalue weighted by Gasteiger charge is -2.33. The second kappa shape index (κ2) is 10.7. The van der Waals surface area contributed by atoms with Gasteiger partial charge in [0.1, 0.15) is 11.8 Å². The lowest BCUT2D eigenvalue weighted by Crippen LogP contribution is -2.58. The average Bonchev–Trinajstić information content (AvgIpc) is 3.27. The maximum Gasteiger partial charge on any atom is 0.526 e. The topological polar surface area (TPSA) is 155 Å². The number of urea groups is 1. The Balaban J connectivity index is 1.50. The second-order valence-electron chi connectivity index (χ2n) is 8.94. The van der Waals surface area contributed by atoms with Crippen molar-refractivity contribution in [3.63, 3.8) is 0 Å². The van der Waals surface area contributed by atoms with Gasteiger partial charge in [-0.3, -0.25) is 19.3 Å². The Kier molecular flexibility index (Phi) is 7.60. The van der Waals surface area contributed by atoms with Crippen molar-refractivity contribution in [2.24, 2.45) is 0 Å². The van der Waals surface area contributed by atoms with E-state index in [4.69, 9.17) is 10.4 Å². The predicted octanol–water partition coefficient (Wildman–Crippen LogP) is 1.31. The molecule has 0 aliphatic carbocycles. The lowest BCUT2D eigenvalue weighted by atomic mass is 9.64. The molecule has 4 rings (SSSR count). The van der Waals surface area contributed by atoms with Gasteiger partial charge in [-0.1, -0.05) is 36.5 Å². The number of Topliss-reactive ketones (excluding diaryl/α,β-unsaturated/α-hetero) is 1. The summed E-state index contributed by atoms with van der Waals surface area (Å²) in [4.78, 5) is 58.0. The molecule has 36 heavy (non-hydrogen) atoms. The van der Waals surface area contributed by atoms with Crippen LogP contribution in [0.5, 0.6) is 5.75 Å². The highest BCUT2D eigenvalue weighted by Gasteiger charge is 2.40. The number of aryl methyl sites for hydroxylation is 1. The molecular formula is C23H28BN5O6S. The summed E-state index contributed by atoms with van der Waals surface area (Å²) in [7, 11) is -1.20. The number of benzene rings is 1. The highest BCUT2D eigenvalue weighted by Crippen LogP contribution is 2.37. The predicted molar refractivity (Wildman–Crippen MR) is 133 cm³/mol. The van der Waals surface area contributed by atoms with Crippen LogP contribution in [0.4, 0.5) is 9.93 Å². The molecule has 0 spiro atoms. The van der Waals surface area contributed by atoms with E-state index in [0.29, 0.717) is 30.0 Å². The molecule has 11 nitrogen and oxygen atoms in total. The van der Waals surface area contributed by atoms with Crippen LogP contribution < -0.4 is 15.7 Å². The minimum atomic E-state index is -1.20. The first-order valence-electron chi connectivity index (χ1n) is 11.8. The highest BCUT2D eigenvalue weighted by atomic mass is 32.1. The fourth-order valence-corrected chi connectivity index (χ4v) is 5.25. The number of piperazine rings is 1. The van der Waals surface area contributed by atoms with Gasteiger partial charge in [0.15, 0.2) is 10.9 Å². The summed E-state index contributed by atoms with van der Waals surface area (Å²) in [5.41, 5.74) is 7.53. The van der Waals surface area contributed by atoms with Crippen molar-refractivity contribution in [3.8, 4) is 5.75 Å². The first-order chi connectivity index (χ1) is 17.2. The van der Waals surface area contributed by atoms with Gasteiger partial charge in [-0.05, 0) is 30.9 Å². The van der Waals surface area contributed by atoms with Crippen LogP contribution in [0, 0.1) is 6.92 Å². The molecule has 4 N–H and O–H groups in total. The van der Waals surface area contributed by atoms with E-state index in [2.05, 4.69) is 10.3 Å². The molecule has 0 saturated carbocycles. The number of hydrogen-bond donors (Lipinski definition) is 3.